The third kappa shape index (κ3) is 6.09. The van der Waals surface area contributed by atoms with Gasteiger partial charge in [0.2, 0.25) is 0 Å². The summed E-state index contributed by atoms with van der Waals surface area (Å²) in [4.78, 5) is 0. The zero-order valence-electron chi connectivity index (χ0n) is 13.8. The molecule has 0 aliphatic carbocycles. The maximum Gasteiger partial charge on any atom is 0.0443 e. The van der Waals surface area contributed by atoms with Crippen molar-refractivity contribution in [1.29, 1.82) is 0 Å². The van der Waals surface area contributed by atoms with E-state index in [2.05, 4.69) is 46.1 Å². The Morgan fingerprint density at radius 3 is 2.48 bits per heavy atom. The lowest BCUT2D eigenvalue weighted by atomic mass is 9.87. The molecule has 1 aromatic rings. The Bertz CT molecular complexity index is 485. The minimum absolute atomic E-state index is 0.644. The molecular formula is C20H29Cl. The monoisotopic (exact) mass is 304 g/mol. The summed E-state index contributed by atoms with van der Waals surface area (Å²) in [5.41, 5.74) is 5.05. The molecule has 0 radical (unpaired) electrons. The lowest BCUT2D eigenvalue weighted by Crippen LogP contribution is -2.04. The van der Waals surface area contributed by atoms with Crippen LogP contribution in [0, 0.1) is 12.8 Å². The fraction of sp³-hybridized carbons (Fsp3) is 0.500. The van der Waals surface area contributed by atoms with Crippen LogP contribution in [0.25, 0.3) is 0 Å². The number of hydrogen-bond donors (Lipinski definition) is 0. The minimum atomic E-state index is 0.644. The molecule has 21 heavy (non-hydrogen) atoms. The van der Waals surface area contributed by atoms with E-state index >= 15 is 0 Å². The van der Waals surface area contributed by atoms with Crippen LogP contribution in [-0.4, -0.2) is 0 Å². The SMILES string of the molecule is C=C(CCC(CCC)C(=C)CC)Cc1ccc(C)cc1Cl. The van der Waals surface area contributed by atoms with Crippen LogP contribution < -0.4 is 0 Å². The van der Waals surface area contributed by atoms with E-state index in [1.165, 1.54) is 41.5 Å². The van der Waals surface area contributed by atoms with Gasteiger partial charge < -0.3 is 0 Å². The number of rotatable bonds is 9. The first-order valence-electron chi connectivity index (χ1n) is 8.07. The molecule has 0 saturated heterocycles. The second kappa shape index (κ2) is 9.10. The largest absolute Gasteiger partial charge is 0.0996 e. The van der Waals surface area contributed by atoms with Crippen LogP contribution in [0.3, 0.4) is 0 Å². The molecule has 0 fully saturated rings. The Morgan fingerprint density at radius 2 is 1.90 bits per heavy atom. The first-order valence-corrected chi connectivity index (χ1v) is 8.45. The Morgan fingerprint density at radius 1 is 1.19 bits per heavy atom. The Labute approximate surface area is 135 Å². The molecule has 0 N–H and O–H groups in total. The molecule has 1 unspecified atom stereocenters. The van der Waals surface area contributed by atoms with E-state index in [0.29, 0.717) is 5.92 Å². The van der Waals surface area contributed by atoms with Gasteiger partial charge in [-0.15, -0.1) is 0 Å². The van der Waals surface area contributed by atoms with E-state index in [4.69, 9.17) is 11.6 Å². The lowest BCUT2D eigenvalue weighted by Gasteiger charge is -2.19. The number of allylic oxidation sites excluding steroid dienone is 2. The number of hydrogen-bond acceptors (Lipinski definition) is 0. The second-order valence-electron chi connectivity index (χ2n) is 6.06. The van der Waals surface area contributed by atoms with E-state index in [1.54, 1.807) is 0 Å². The van der Waals surface area contributed by atoms with E-state index in [1.807, 2.05) is 6.07 Å². The van der Waals surface area contributed by atoms with Crippen LogP contribution in [0.15, 0.2) is 42.5 Å². The van der Waals surface area contributed by atoms with Crippen molar-refractivity contribution in [1.82, 2.24) is 0 Å². The van der Waals surface area contributed by atoms with Crippen molar-refractivity contribution in [3.05, 3.63) is 58.7 Å². The molecule has 0 aromatic heterocycles. The van der Waals surface area contributed by atoms with Crippen molar-refractivity contribution in [2.24, 2.45) is 5.92 Å². The van der Waals surface area contributed by atoms with Crippen LogP contribution in [0.4, 0.5) is 0 Å². The Hall–Kier alpha value is -1.01. The summed E-state index contributed by atoms with van der Waals surface area (Å²) in [5, 5.41) is 0.860. The number of halogens is 1. The lowest BCUT2D eigenvalue weighted by molar-refractivity contribution is 0.498. The van der Waals surface area contributed by atoms with Gasteiger partial charge in [0.15, 0.2) is 0 Å². The third-order valence-corrected chi connectivity index (χ3v) is 4.52. The molecule has 0 bridgehead atoms. The molecule has 1 atom stereocenters. The Kier molecular flexibility index (Phi) is 7.82. The molecule has 0 aliphatic heterocycles. The van der Waals surface area contributed by atoms with Crippen molar-refractivity contribution >= 4 is 11.6 Å². The van der Waals surface area contributed by atoms with Gasteiger partial charge in [0.1, 0.15) is 0 Å². The van der Waals surface area contributed by atoms with E-state index in [0.717, 1.165) is 24.3 Å². The molecule has 0 saturated carbocycles. The predicted molar refractivity (Wildman–Crippen MR) is 96.1 cm³/mol. The number of benzene rings is 1. The summed E-state index contributed by atoms with van der Waals surface area (Å²) in [5.74, 6) is 0.644. The topological polar surface area (TPSA) is 0 Å². The summed E-state index contributed by atoms with van der Waals surface area (Å²) in [6.07, 6.45) is 6.67. The summed E-state index contributed by atoms with van der Waals surface area (Å²) in [6.45, 7) is 15.0. The van der Waals surface area contributed by atoms with Crippen molar-refractivity contribution in [2.45, 2.75) is 59.3 Å². The standard InChI is InChI=1S/C20H29Cl/c1-6-8-18(17(5)7-2)11-9-15(3)13-19-12-10-16(4)14-20(19)21/h10,12,14,18H,3,5-9,11,13H2,1-2,4H3. The van der Waals surface area contributed by atoms with Crippen molar-refractivity contribution in [3.63, 3.8) is 0 Å². The van der Waals surface area contributed by atoms with Crippen LogP contribution >= 0.6 is 11.6 Å². The fourth-order valence-electron chi connectivity index (χ4n) is 2.72. The summed E-state index contributed by atoms with van der Waals surface area (Å²) in [6, 6.07) is 6.27. The van der Waals surface area contributed by atoms with Gasteiger partial charge in [0.05, 0.1) is 0 Å². The van der Waals surface area contributed by atoms with Crippen LogP contribution in [0.1, 0.15) is 57.1 Å². The maximum absolute atomic E-state index is 6.30. The zero-order chi connectivity index (χ0) is 15.8. The average Bonchev–Trinajstić information content (AvgIpc) is 2.45. The minimum Gasteiger partial charge on any atom is -0.0996 e. The van der Waals surface area contributed by atoms with Crippen LogP contribution in [0.5, 0.6) is 0 Å². The van der Waals surface area contributed by atoms with Gasteiger partial charge in [0.25, 0.3) is 0 Å². The number of aryl methyl sites for hydroxylation is 1. The smallest absolute Gasteiger partial charge is 0.0443 e. The van der Waals surface area contributed by atoms with E-state index in [9.17, 15) is 0 Å². The molecular weight excluding hydrogens is 276 g/mol. The first kappa shape index (κ1) is 18.0. The molecule has 0 spiro atoms. The summed E-state index contributed by atoms with van der Waals surface area (Å²) in [7, 11) is 0. The highest BCUT2D eigenvalue weighted by molar-refractivity contribution is 6.31. The molecule has 1 heteroatoms. The van der Waals surface area contributed by atoms with Gasteiger partial charge in [-0.05, 0) is 62.1 Å². The van der Waals surface area contributed by atoms with Crippen molar-refractivity contribution in [3.8, 4) is 0 Å². The van der Waals surface area contributed by atoms with E-state index in [-0.39, 0.29) is 0 Å². The molecule has 116 valence electrons. The van der Waals surface area contributed by atoms with Crippen molar-refractivity contribution < 1.29 is 0 Å². The fourth-order valence-corrected chi connectivity index (χ4v) is 3.02. The predicted octanol–water partition coefficient (Wildman–Crippen LogP) is 6.91. The van der Waals surface area contributed by atoms with Gasteiger partial charge in [-0.25, -0.2) is 0 Å². The molecule has 1 aromatic carbocycles. The molecule has 1 rings (SSSR count). The van der Waals surface area contributed by atoms with Gasteiger partial charge in [0, 0.05) is 5.02 Å². The van der Waals surface area contributed by atoms with Gasteiger partial charge in [-0.1, -0.05) is 68.3 Å². The highest BCUT2D eigenvalue weighted by atomic mass is 35.5. The normalized spacial score (nSPS) is 12.2. The summed E-state index contributed by atoms with van der Waals surface area (Å²) >= 11 is 6.30. The molecule has 0 aliphatic rings. The van der Waals surface area contributed by atoms with Crippen LogP contribution in [-0.2, 0) is 6.42 Å². The quantitative estimate of drug-likeness (QED) is 0.435. The summed E-state index contributed by atoms with van der Waals surface area (Å²) < 4.78 is 0. The molecule has 0 heterocycles. The van der Waals surface area contributed by atoms with Gasteiger partial charge in [-0.3, -0.25) is 0 Å². The second-order valence-corrected chi connectivity index (χ2v) is 6.46. The first-order chi connectivity index (χ1) is 9.97. The van der Waals surface area contributed by atoms with Crippen molar-refractivity contribution in [2.75, 3.05) is 0 Å². The van der Waals surface area contributed by atoms with Gasteiger partial charge >= 0.3 is 0 Å². The van der Waals surface area contributed by atoms with Crippen LogP contribution in [0.2, 0.25) is 5.02 Å². The van der Waals surface area contributed by atoms with Gasteiger partial charge in [-0.2, -0.15) is 0 Å². The third-order valence-electron chi connectivity index (χ3n) is 4.16. The molecule has 0 nitrogen and oxygen atoms in total. The average molecular weight is 305 g/mol. The molecule has 0 amide bonds. The van der Waals surface area contributed by atoms with E-state index < -0.39 is 0 Å². The maximum atomic E-state index is 6.30. The zero-order valence-corrected chi connectivity index (χ0v) is 14.6. The highest BCUT2D eigenvalue weighted by Gasteiger charge is 2.11. The highest BCUT2D eigenvalue weighted by Crippen LogP contribution is 2.27. The Balaban J connectivity index is 2.54.